The van der Waals surface area contributed by atoms with E-state index in [1.54, 1.807) is 24.5 Å². The molecule has 3 rings (SSSR count). The number of halogens is 1. The van der Waals surface area contributed by atoms with Crippen LogP contribution in [0.3, 0.4) is 0 Å². The number of nitrogens with one attached hydrogen (secondary N) is 1. The summed E-state index contributed by atoms with van der Waals surface area (Å²) in [5, 5.41) is 3.25. The Morgan fingerprint density at radius 3 is 2.80 bits per heavy atom. The van der Waals surface area contributed by atoms with Crippen molar-refractivity contribution in [2.75, 3.05) is 6.54 Å². The van der Waals surface area contributed by atoms with Gasteiger partial charge in [0.1, 0.15) is 0 Å². The molecule has 0 saturated heterocycles. The Hall–Kier alpha value is -1.68. The van der Waals surface area contributed by atoms with Crippen molar-refractivity contribution in [3.05, 3.63) is 36.2 Å². The maximum atomic E-state index is 12.1. The zero-order valence-electron chi connectivity index (χ0n) is 11.1. The van der Waals surface area contributed by atoms with Crippen LogP contribution < -0.4 is 5.32 Å². The molecule has 1 fully saturated rings. The first kappa shape index (κ1) is 13.3. The third-order valence-electron chi connectivity index (χ3n) is 3.76. The molecular formula is C15H16ClN3O. The van der Waals surface area contributed by atoms with Crippen LogP contribution in [-0.4, -0.2) is 27.8 Å². The fourth-order valence-corrected chi connectivity index (χ4v) is 3.02. The lowest BCUT2D eigenvalue weighted by molar-refractivity contribution is 0.0947. The minimum atomic E-state index is -0.0597. The molecule has 1 heterocycles. The number of amides is 1. The number of alkyl halides is 1. The molecule has 4 nitrogen and oxygen atoms in total. The number of carbonyl (C=O) groups excluding carboxylic acids is 1. The van der Waals surface area contributed by atoms with Crippen molar-refractivity contribution in [2.45, 2.75) is 24.6 Å². The Morgan fingerprint density at radius 2 is 2.05 bits per heavy atom. The molecule has 2 atom stereocenters. The second-order valence-electron chi connectivity index (χ2n) is 5.25. The van der Waals surface area contributed by atoms with E-state index in [1.165, 1.54) is 0 Å². The minimum Gasteiger partial charge on any atom is -0.352 e. The molecule has 0 spiro atoms. The number of aromatic nitrogens is 2. The highest BCUT2D eigenvalue weighted by Crippen LogP contribution is 2.28. The van der Waals surface area contributed by atoms with Crippen molar-refractivity contribution < 1.29 is 4.79 Å². The summed E-state index contributed by atoms with van der Waals surface area (Å²) in [6.07, 6.45) is 6.41. The molecule has 104 valence electrons. The van der Waals surface area contributed by atoms with E-state index < -0.39 is 0 Å². The van der Waals surface area contributed by atoms with Crippen LogP contribution in [0.1, 0.15) is 29.6 Å². The van der Waals surface area contributed by atoms with E-state index >= 15 is 0 Å². The van der Waals surface area contributed by atoms with Crippen molar-refractivity contribution >= 4 is 28.5 Å². The van der Waals surface area contributed by atoms with Gasteiger partial charge < -0.3 is 5.32 Å². The summed E-state index contributed by atoms with van der Waals surface area (Å²) in [7, 11) is 0. The van der Waals surface area contributed by atoms with Gasteiger partial charge in [-0.15, -0.1) is 11.6 Å². The predicted molar refractivity (Wildman–Crippen MR) is 78.9 cm³/mol. The average Bonchev–Trinajstić information content (AvgIpc) is 2.90. The number of hydrogen-bond acceptors (Lipinski definition) is 3. The normalized spacial score (nSPS) is 22.1. The number of rotatable bonds is 3. The van der Waals surface area contributed by atoms with Crippen molar-refractivity contribution in [1.82, 2.24) is 15.3 Å². The van der Waals surface area contributed by atoms with Gasteiger partial charge in [-0.1, -0.05) is 0 Å². The number of benzene rings is 1. The topological polar surface area (TPSA) is 54.9 Å². The molecule has 1 aliphatic rings. The zero-order valence-corrected chi connectivity index (χ0v) is 11.8. The van der Waals surface area contributed by atoms with Gasteiger partial charge in [0, 0.05) is 29.9 Å². The molecule has 2 unspecified atom stereocenters. The predicted octanol–water partition coefficient (Wildman–Crippen LogP) is 2.77. The van der Waals surface area contributed by atoms with Gasteiger partial charge in [0.2, 0.25) is 0 Å². The van der Waals surface area contributed by atoms with Crippen LogP contribution in [-0.2, 0) is 0 Å². The van der Waals surface area contributed by atoms with Crippen LogP contribution in [0.4, 0.5) is 0 Å². The lowest BCUT2D eigenvalue weighted by atomic mass is 10.1. The lowest BCUT2D eigenvalue weighted by Gasteiger charge is -2.11. The molecule has 1 N–H and O–H groups in total. The smallest absolute Gasteiger partial charge is 0.251 e. The standard InChI is InChI=1S/C15H16ClN3O/c16-12-3-1-10(7-12)9-19-15(20)11-2-4-13-14(8-11)18-6-5-17-13/h2,4-6,8,10,12H,1,3,7,9H2,(H,19,20). The third-order valence-corrected chi connectivity index (χ3v) is 4.16. The highest BCUT2D eigenvalue weighted by atomic mass is 35.5. The lowest BCUT2D eigenvalue weighted by Crippen LogP contribution is -2.28. The number of hydrogen-bond donors (Lipinski definition) is 1. The van der Waals surface area contributed by atoms with Crippen molar-refractivity contribution in [3.63, 3.8) is 0 Å². The Kier molecular flexibility index (Phi) is 3.83. The molecule has 1 amide bonds. The molecule has 1 aromatic heterocycles. The van der Waals surface area contributed by atoms with Crippen molar-refractivity contribution in [3.8, 4) is 0 Å². The molecule has 1 aromatic carbocycles. The second-order valence-corrected chi connectivity index (χ2v) is 5.86. The van der Waals surface area contributed by atoms with E-state index in [4.69, 9.17) is 11.6 Å². The highest BCUT2D eigenvalue weighted by molar-refractivity contribution is 6.20. The summed E-state index contributed by atoms with van der Waals surface area (Å²) >= 11 is 6.08. The van der Waals surface area contributed by atoms with Crippen molar-refractivity contribution in [2.24, 2.45) is 5.92 Å². The van der Waals surface area contributed by atoms with E-state index in [0.29, 0.717) is 18.0 Å². The largest absolute Gasteiger partial charge is 0.352 e. The van der Waals surface area contributed by atoms with Gasteiger partial charge in [-0.3, -0.25) is 14.8 Å². The first-order valence-corrected chi connectivity index (χ1v) is 7.29. The van der Waals surface area contributed by atoms with Crippen molar-refractivity contribution in [1.29, 1.82) is 0 Å². The van der Waals surface area contributed by atoms with Crippen LogP contribution in [0.2, 0.25) is 0 Å². The van der Waals surface area contributed by atoms with Gasteiger partial charge in [0.15, 0.2) is 0 Å². The van der Waals surface area contributed by atoms with Gasteiger partial charge in [0.05, 0.1) is 11.0 Å². The van der Waals surface area contributed by atoms with Crippen LogP contribution >= 0.6 is 11.6 Å². The molecule has 5 heteroatoms. The van der Waals surface area contributed by atoms with E-state index in [2.05, 4.69) is 15.3 Å². The van der Waals surface area contributed by atoms with E-state index in [-0.39, 0.29) is 11.3 Å². The maximum Gasteiger partial charge on any atom is 0.251 e. The van der Waals surface area contributed by atoms with Gasteiger partial charge in [0.25, 0.3) is 5.91 Å². The van der Waals surface area contributed by atoms with Gasteiger partial charge in [-0.2, -0.15) is 0 Å². The number of nitrogens with zero attached hydrogens (tertiary/aromatic N) is 2. The molecule has 20 heavy (non-hydrogen) atoms. The fourth-order valence-electron chi connectivity index (χ4n) is 2.64. The molecule has 2 aromatic rings. The summed E-state index contributed by atoms with van der Waals surface area (Å²) in [4.78, 5) is 20.5. The summed E-state index contributed by atoms with van der Waals surface area (Å²) in [5.41, 5.74) is 2.16. The summed E-state index contributed by atoms with van der Waals surface area (Å²) in [6.45, 7) is 0.695. The van der Waals surface area contributed by atoms with Crippen LogP contribution in [0.15, 0.2) is 30.6 Å². The molecule has 0 radical (unpaired) electrons. The minimum absolute atomic E-state index is 0.0597. The van der Waals surface area contributed by atoms with Crippen LogP contribution in [0.5, 0.6) is 0 Å². The Labute approximate surface area is 122 Å². The summed E-state index contributed by atoms with van der Waals surface area (Å²) in [5.74, 6) is 0.442. The molecular weight excluding hydrogens is 274 g/mol. The summed E-state index contributed by atoms with van der Waals surface area (Å²) < 4.78 is 0. The number of fused-ring (bicyclic) bond motifs is 1. The van der Waals surface area contributed by atoms with Gasteiger partial charge in [-0.05, 0) is 43.4 Å². The van der Waals surface area contributed by atoms with Crippen LogP contribution in [0.25, 0.3) is 11.0 Å². The average molecular weight is 290 g/mol. The third kappa shape index (κ3) is 2.90. The van der Waals surface area contributed by atoms with E-state index in [9.17, 15) is 4.79 Å². The first-order chi connectivity index (χ1) is 9.72. The number of carbonyl (C=O) groups is 1. The Bertz CT molecular complexity index is 631. The first-order valence-electron chi connectivity index (χ1n) is 6.85. The van der Waals surface area contributed by atoms with E-state index in [1.807, 2.05) is 6.07 Å². The summed E-state index contributed by atoms with van der Waals surface area (Å²) in [6, 6.07) is 5.38. The molecule has 1 saturated carbocycles. The van der Waals surface area contributed by atoms with Gasteiger partial charge in [-0.25, -0.2) is 0 Å². The fraction of sp³-hybridized carbons (Fsp3) is 0.400. The zero-order chi connectivity index (χ0) is 13.9. The monoisotopic (exact) mass is 289 g/mol. The molecule has 1 aliphatic carbocycles. The maximum absolute atomic E-state index is 12.1. The Morgan fingerprint density at radius 1 is 1.25 bits per heavy atom. The Balaban J connectivity index is 1.66. The van der Waals surface area contributed by atoms with Crippen LogP contribution in [0, 0.1) is 5.92 Å². The highest BCUT2D eigenvalue weighted by Gasteiger charge is 2.23. The van der Waals surface area contributed by atoms with E-state index in [0.717, 1.165) is 30.3 Å². The second kappa shape index (κ2) is 5.75. The molecule has 0 aliphatic heterocycles. The SMILES string of the molecule is O=C(NCC1CCC(Cl)C1)c1ccc2nccnc2c1. The molecule has 0 bridgehead atoms. The quantitative estimate of drug-likeness (QED) is 0.884. The van der Waals surface area contributed by atoms with Gasteiger partial charge >= 0.3 is 0 Å².